The highest BCUT2D eigenvalue weighted by Crippen LogP contribution is 1.98. The van der Waals surface area contributed by atoms with Crippen LogP contribution < -0.4 is 0 Å². The van der Waals surface area contributed by atoms with Crippen LogP contribution in [0.2, 0.25) is 0 Å². The molecule has 0 aromatic rings. The van der Waals surface area contributed by atoms with Crippen molar-refractivity contribution in [1.29, 1.82) is 0 Å². The van der Waals surface area contributed by atoms with Gasteiger partial charge in [0.2, 0.25) is 6.41 Å². The Hall–Kier alpha value is -0.280. The summed E-state index contributed by atoms with van der Waals surface area (Å²) in [5.41, 5.74) is 0. The summed E-state index contributed by atoms with van der Waals surface area (Å²) in [6, 6.07) is 0. The first-order valence-electron chi connectivity index (χ1n) is 3.47. The van der Waals surface area contributed by atoms with E-state index in [0.29, 0.717) is 0 Å². The van der Waals surface area contributed by atoms with E-state index in [-0.39, 0.29) is 12.4 Å². The second kappa shape index (κ2) is 9.72. The second-order valence-electron chi connectivity index (χ2n) is 2.39. The van der Waals surface area contributed by atoms with E-state index < -0.39 is 0 Å². The Kier molecular flexibility index (Phi) is 11.8. The van der Waals surface area contributed by atoms with Gasteiger partial charge in [-0.05, 0) is 12.8 Å². The Balaban J connectivity index is 0. The number of rotatable bonds is 1. The highest BCUT2D eigenvalue weighted by molar-refractivity contribution is 5.85. The molecule has 0 aliphatic carbocycles. The summed E-state index contributed by atoms with van der Waals surface area (Å²) in [4.78, 5) is 10.9. The normalized spacial score (nSPS) is 14.0. The molecule has 0 atom stereocenters. The van der Waals surface area contributed by atoms with Crippen molar-refractivity contribution in [3.8, 4) is 0 Å². The van der Waals surface area contributed by atoms with Crippen molar-refractivity contribution in [3.63, 3.8) is 0 Å². The predicted molar refractivity (Wildman–Crippen MR) is 47.1 cm³/mol. The molecule has 1 fully saturated rings. The maximum absolute atomic E-state index is 9.43. The molecule has 11 heavy (non-hydrogen) atoms. The SMILES string of the molecule is C1CCOC1.CN(C)C=O.Cl. The van der Waals surface area contributed by atoms with E-state index in [1.54, 1.807) is 14.1 Å². The molecule has 4 heteroatoms. The molecule has 0 unspecified atom stereocenters. The third-order valence-electron chi connectivity index (χ3n) is 1.04. The first-order valence-corrected chi connectivity index (χ1v) is 3.47. The van der Waals surface area contributed by atoms with Gasteiger partial charge in [-0.3, -0.25) is 4.79 Å². The molecule has 1 aliphatic rings. The van der Waals surface area contributed by atoms with Crippen molar-refractivity contribution < 1.29 is 9.53 Å². The zero-order chi connectivity index (χ0) is 7.82. The summed E-state index contributed by atoms with van der Waals surface area (Å²) in [5, 5.41) is 0. The van der Waals surface area contributed by atoms with Crippen LogP contribution in [0.4, 0.5) is 0 Å². The lowest BCUT2D eigenvalue weighted by Crippen LogP contribution is -2.06. The zero-order valence-corrected chi connectivity index (χ0v) is 7.89. The van der Waals surface area contributed by atoms with E-state index in [4.69, 9.17) is 4.74 Å². The average Bonchev–Trinajstić information content (AvgIpc) is 2.43. The molecule has 0 saturated carbocycles. The number of halogens is 1. The summed E-state index contributed by atoms with van der Waals surface area (Å²) in [7, 11) is 3.38. The fourth-order valence-corrected chi connectivity index (χ4v) is 0.510. The van der Waals surface area contributed by atoms with Gasteiger partial charge in [0.05, 0.1) is 0 Å². The minimum absolute atomic E-state index is 0. The fourth-order valence-electron chi connectivity index (χ4n) is 0.510. The number of nitrogens with zero attached hydrogens (tertiary/aromatic N) is 1. The summed E-state index contributed by atoms with van der Waals surface area (Å²) in [6.07, 6.45) is 3.31. The van der Waals surface area contributed by atoms with Gasteiger partial charge in [-0.15, -0.1) is 12.4 Å². The maximum atomic E-state index is 9.43. The van der Waals surface area contributed by atoms with Crippen LogP contribution >= 0.6 is 12.4 Å². The summed E-state index contributed by atoms with van der Waals surface area (Å²) in [5.74, 6) is 0. The lowest BCUT2D eigenvalue weighted by molar-refractivity contribution is -0.115. The Bertz CT molecular complexity index is 76.9. The first kappa shape index (κ1) is 13.3. The van der Waals surface area contributed by atoms with Gasteiger partial charge in [-0.1, -0.05) is 0 Å². The van der Waals surface area contributed by atoms with E-state index in [1.807, 2.05) is 0 Å². The molecule has 0 bridgehead atoms. The summed E-state index contributed by atoms with van der Waals surface area (Å²) in [6.45, 7) is 2.00. The zero-order valence-electron chi connectivity index (χ0n) is 7.08. The number of carbonyl (C=O) groups excluding carboxylic acids is 1. The van der Waals surface area contributed by atoms with Gasteiger partial charge in [-0.25, -0.2) is 0 Å². The lowest BCUT2D eigenvalue weighted by atomic mass is 10.4. The van der Waals surface area contributed by atoms with Crippen molar-refractivity contribution >= 4 is 18.8 Å². The van der Waals surface area contributed by atoms with Crippen molar-refractivity contribution in [2.45, 2.75) is 12.8 Å². The minimum Gasteiger partial charge on any atom is -0.381 e. The third-order valence-corrected chi connectivity index (χ3v) is 1.04. The van der Waals surface area contributed by atoms with Crippen LogP contribution in [0.3, 0.4) is 0 Å². The highest BCUT2D eigenvalue weighted by atomic mass is 35.5. The van der Waals surface area contributed by atoms with E-state index >= 15 is 0 Å². The number of ether oxygens (including phenoxy) is 1. The molecule has 1 amide bonds. The predicted octanol–water partition coefficient (Wildman–Crippen LogP) is 0.923. The molecule has 3 nitrogen and oxygen atoms in total. The van der Waals surface area contributed by atoms with Crippen molar-refractivity contribution in [2.24, 2.45) is 0 Å². The van der Waals surface area contributed by atoms with Gasteiger partial charge in [0, 0.05) is 27.3 Å². The topological polar surface area (TPSA) is 29.5 Å². The van der Waals surface area contributed by atoms with Crippen molar-refractivity contribution in [1.82, 2.24) is 4.90 Å². The van der Waals surface area contributed by atoms with Crippen molar-refractivity contribution in [3.05, 3.63) is 0 Å². The Morgan fingerprint density at radius 2 is 1.64 bits per heavy atom. The molecule has 0 radical (unpaired) electrons. The molecule has 0 N–H and O–H groups in total. The highest BCUT2D eigenvalue weighted by Gasteiger charge is 1.94. The van der Waals surface area contributed by atoms with E-state index in [2.05, 4.69) is 0 Å². The van der Waals surface area contributed by atoms with Crippen LogP contribution in [0.1, 0.15) is 12.8 Å². The fraction of sp³-hybridized carbons (Fsp3) is 0.857. The Morgan fingerprint density at radius 3 is 1.73 bits per heavy atom. The van der Waals surface area contributed by atoms with Crippen molar-refractivity contribution in [2.75, 3.05) is 27.3 Å². The van der Waals surface area contributed by atoms with Gasteiger partial charge in [0.25, 0.3) is 0 Å². The quantitative estimate of drug-likeness (QED) is 0.564. The van der Waals surface area contributed by atoms with E-state index in [9.17, 15) is 4.79 Å². The number of hydrogen-bond donors (Lipinski definition) is 0. The van der Waals surface area contributed by atoms with Gasteiger partial charge in [0.15, 0.2) is 0 Å². The van der Waals surface area contributed by atoms with Crippen LogP contribution in [0.5, 0.6) is 0 Å². The molecule has 68 valence electrons. The molecule has 0 aromatic carbocycles. The van der Waals surface area contributed by atoms with Gasteiger partial charge in [-0.2, -0.15) is 0 Å². The Morgan fingerprint density at radius 1 is 1.27 bits per heavy atom. The summed E-state index contributed by atoms with van der Waals surface area (Å²) >= 11 is 0. The molecule has 1 saturated heterocycles. The minimum atomic E-state index is 0. The molecular formula is C7H16ClNO2. The third kappa shape index (κ3) is 12.8. The standard InChI is InChI=1S/C4H8O.C3H7NO.ClH/c1-2-4-5-3-1;1-4(2)3-5;/h1-4H2;3H,1-2H3;1H. The molecule has 0 spiro atoms. The van der Waals surface area contributed by atoms with Gasteiger partial charge >= 0.3 is 0 Å². The first-order chi connectivity index (χ1) is 4.77. The number of carbonyl (C=O) groups is 1. The van der Waals surface area contributed by atoms with Gasteiger partial charge in [0.1, 0.15) is 0 Å². The van der Waals surface area contributed by atoms with E-state index in [1.165, 1.54) is 17.7 Å². The number of hydrogen-bond acceptors (Lipinski definition) is 2. The monoisotopic (exact) mass is 181 g/mol. The summed E-state index contributed by atoms with van der Waals surface area (Å²) < 4.78 is 4.94. The van der Waals surface area contributed by atoms with Crippen LogP contribution in [0, 0.1) is 0 Å². The van der Waals surface area contributed by atoms with Crippen LogP contribution in [-0.4, -0.2) is 38.6 Å². The number of amides is 1. The van der Waals surface area contributed by atoms with Gasteiger partial charge < -0.3 is 9.64 Å². The lowest BCUT2D eigenvalue weighted by Gasteiger charge is -1.93. The smallest absolute Gasteiger partial charge is 0.209 e. The molecule has 1 aliphatic heterocycles. The maximum Gasteiger partial charge on any atom is 0.209 e. The molecule has 1 heterocycles. The molecular weight excluding hydrogens is 166 g/mol. The Labute approximate surface area is 74.1 Å². The molecule has 1 rings (SSSR count). The van der Waals surface area contributed by atoms with Crippen LogP contribution in [-0.2, 0) is 9.53 Å². The second-order valence-corrected chi connectivity index (χ2v) is 2.39. The largest absolute Gasteiger partial charge is 0.381 e. The van der Waals surface area contributed by atoms with Crippen LogP contribution in [0.25, 0.3) is 0 Å². The molecule has 0 aromatic heterocycles. The average molecular weight is 182 g/mol. The van der Waals surface area contributed by atoms with Crippen LogP contribution in [0.15, 0.2) is 0 Å². The van der Waals surface area contributed by atoms with E-state index in [0.717, 1.165) is 19.6 Å².